The zero-order valence-electron chi connectivity index (χ0n) is 9.69. The molecule has 1 rings (SSSR count). The smallest absolute Gasteiger partial charge is 0.342 e. The molecular weight excluding hydrogens is 224 g/mol. The number of aliphatic hydroxyl groups is 1. The minimum absolute atomic E-state index is 0.262. The summed E-state index contributed by atoms with van der Waals surface area (Å²) in [6.07, 6.45) is 1.97. The van der Waals surface area contributed by atoms with Crippen molar-refractivity contribution in [1.82, 2.24) is 0 Å². The van der Waals surface area contributed by atoms with E-state index in [4.69, 9.17) is 4.74 Å². The summed E-state index contributed by atoms with van der Waals surface area (Å²) in [5.41, 5.74) is -1.03. The maximum Gasteiger partial charge on any atom is 0.342 e. The molecule has 0 radical (unpaired) electrons. The van der Waals surface area contributed by atoms with E-state index >= 15 is 0 Å². The van der Waals surface area contributed by atoms with Crippen LogP contribution in [0.4, 0.5) is 0 Å². The lowest BCUT2D eigenvalue weighted by molar-refractivity contribution is -0.164. The van der Waals surface area contributed by atoms with E-state index in [1.54, 1.807) is 30.8 Å². The van der Waals surface area contributed by atoms with Crippen molar-refractivity contribution in [2.45, 2.75) is 24.3 Å². The quantitative estimate of drug-likeness (QED) is 0.647. The van der Waals surface area contributed by atoms with Crippen LogP contribution in [0.25, 0.3) is 0 Å². The van der Waals surface area contributed by atoms with Crippen molar-refractivity contribution in [1.29, 1.82) is 0 Å². The molecule has 0 spiro atoms. The molecule has 16 heavy (non-hydrogen) atoms. The highest BCUT2D eigenvalue weighted by Crippen LogP contribution is 2.24. The Morgan fingerprint density at radius 2 is 2.00 bits per heavy atom. The van der Waals surface area contributed by atoms with Crippen LogP contribution in [0.5, 0.6) is 0 Å². The Kier molecular flexibility index (Phi) is 4.38. The molecule has 1 unspecified atom stereocenters. The van der Waals surface area contributed by atoms with E-state index in [1.165, 1.54) is 6.92 Å². The number of esters is 1. The van der Waals surface area contributed by atoms with E-state index in [-0.39, 0.29) is 6.61 Å². The van der Waals surface area contributed by atoms with Gasteiger partial charge in [-0.3, -0.25) is 0 Å². The van der Waals surface area contributed by atoms with Gasteiger partial charge in [0.15, 0.2) is 5.60 Å². The largest absolute Gasteiger partial charge is 0.464 e. The second-order valence-corrected chi connectivity index (χ2v) is 4.40. The first-order chi connectivity index (χ1) is 7.52. The standard InChI is InChI=1S/C12H16O3S/c1-4-15-11(13)12(2,14)9-5-7-10(16-3)8-6-9/h5-8,14H,4H2,1-3H3. The molecule has 0 heterocycles. The summed E-state index contributed by atoms with van der Waals surface area (Å²) in [7, 11) is 0. The zero-order valence-corrected chi connectivity index (χ0v) is 10.5. The molecule has 0 aliphatic heterocycles. The molecule has 0 aromatic heterocycles. The molecule has 3 nitrogen and oxygen atoms in total. The Morgan fingerprint density at radius 1 is 1.44 bits per heavy atom. The fourth-order valence-corrected chi connectivity index (χ4v) is 1.71. The average Bonchev–Trinajstić information content (AvgIpc) is 2.29. The van der Waals surface area contributed by atoms with Gasteiger partial charge in [-0.25, -0.2) is 4.79 Å². The van der Waals surface area contributed by atoms with Gasteiger partial charge in [-0.2, -0.15) is 0 Å². The Morgan fingerprint density at radius 3 is 2.44 bits per heavy atom. The van der Waals surface area contributed by atoms with Gasteiger partial charge in [0.25, 0.3) is 0 Å². The van der Waals surface area contributed by atoms with Crippen molar-refractivity contribution >= 4 is 17.7 Å². The lowest BCUT2D eigenvalue weighted by Gasteiger charge is -2.21. The Balaban J connectivity index is 2.93. The first-order valence-corrected chi connectivity index (χ1v) is 6.29. The SMILES string of the molecule is CCOC(=O)C(C)(O)c1ccc(SC)cc1. The molecule has 0 saturated heterocycles. The number of rotatable bonds is 4. The van der Waals surface area contributed by atoms with E-state index in [1.807, 2.05) is 18.4 Å². The molecule has 0 saturated carbocycles. The van der Waals surface area contributed by atoms with Crippen LogP contribution in [-0.2, 0) is 15.1 Å². The molecule has 0 aliphatic carbocycles. The summed E-state index contributed by atoms with van der Waals surface area (Å²) in [5.74, 6) is -0.619. The van der Waals surface area contributed by atoms with Gasteiger partial charge in [-0.05, 0) is 37.8 Å². The minimum Gasteiger partial charge on any atom is -0.464 e. The monoisotopic (exact) mass is 240 g/mol. The van der Waals surface area contributed by atoms with Crippen LogP contribution in [0, 0.1) is 0 Å². The highest BCUT2D eigenvalue weighted by molar-refractivity contribution is 7.98. The third-order valence-electron chi connectivity index (χ3n) is 2.33. The topological polar surface area (TPSA) is 46.5 Å². The van der Waals surface area contributed by atoms with Crippen LogP contribution >= 0.6 is 11.8 Å². The summed E-state index contributed by atoms with van der Waals surface area (Å²) < 4.78 is 4.82. The number of ether oxygens (including phenoxy) is 1. The van der Waals surface area contributed by atoms with Gasteiger partial charge in [0.05, 0.1) is 6.61 Å². The van der Waals surface area contributed by atoms with Crippen LogP contribution in [0.3, 0.4) is 0 Å². The number of benzene rings is 1. The number of thioether (sulfide) groups is 1. The van der Waals surface area contributed by atoms with Crippen molar-refractivity contribution in [3.8, 4) is 0 Å². The van der Waals surface area contributed by atoms with Crippen molar-refractivity contribution in [3.63, 3.8) is 0 Å². The van der Waals surface area contributed by atoms with Gasteiger partial charge >= 0.3 is 5.97 Å². The predicted octanol–water partition coefficient (Wildman–Crippen LogP) is 2.18. The molecule has 1 N–H and O–H groups in total. The summed E-state index contributed by atoms with van der Waals surface area (Å²) in [6, 6.07) is 7.22. The predicted molar refractivity (Wildman–Crippen MR) is 64.4 cm³/mol. The van der Waals surface area contributed by atoms with Crippen LogP contribution in [-0.4, -0.2) is 23.9 Å². The fourth-order valence-electron chi connectivity index (χ4n) is 1.31. The van der Waals surface area contributed by atoms with Gasteiger partial charge in [0.1, 0.15) is 0 Å². The Hall–Kier alpha value is -1.00. The summed E-state index contributed by atoms with van der Waals surface area (Å²) in [5, 5.41) is 10.1. The second kappa shape index (κ2) is 5.37. The summed E-state index contributed by atoms with van der Waals surface area (Å²) in [4.78, 5) is 12.6. The van der Waals surface area contributed by atoms with E-state index in [0.29, 0.717) is 5.56 Å². The van der Waals surface area contributed by atoms with Gasteiger partial charge in [0, 0.05) is 4.90 Å². The maximum atomic E-state index is 11.5. The van der Waals surface area contributed by atoms with Crippen LogP contribution in [0.2, 0.25) is 0 Å². The molecule has 1 aromatic carbocycles. The molecule has 0 fully saturated rings. The van der Waals surface area contributed by atoms with Crippen molar-refractivity contribution in [3.05, 3.63) is 29.8 Å². The van der Waals surface area contributed by atoms with E-state index in [2.05, 4.69) is 0 Å². The van der Waals surface area contributed by atoms with E-state index < -0.39 is 11.6 Å². The number of hydrogen-bond acceptors (Lipinski definition) is 4. The Bertz CT molecular complexity index is 357. The molecule has 1 atom stereocenters. The van der Waals surface area contributed by atoms with Crippen molar-refractivity contribution < 1.29 is 14.6 Å². The highest BCUT2D eigenvalue weighted by atomic mass is 32.2. The van der Waals surface area contributed by atoms with Crippen LogP contribution < -0.4 is 0 Å². The third-order valence-corrected chi connectivity index (χ3v) is 3.07. The Labute approximate surface area is 99.8 Å². The highest BCUT2D eigenvalue weighted by Gasteiger charge is 2.33. The van der Waals surface area contributed by atoms with Gasteiger partial charge in [-0.15, -0.1) is 11.8 Å². The summed E-state index contributed by atoms with van der Waals surface area (Å²) >= 11 is 1.61. The fraction of sp³-hybridized carbons (Fsp3) is 0.417. The molecule has 0 aliphatic rings. The van der Waals surface area contributed by atoms with Crippen molar-refractivity contribution in [2.75, 3.05) is 12.9 Å². The van der Waals surface area contributed by atoms with Gasteiger partial charge < -0.3 is 9.84 Å². The molecule has 1 aromatic rings. The molecule has 0 amide bonds. The van der Waals surface area contributed by atoms with Crippen LogP contribution in [0.1, 0.15) is 19.4 Å². The van der Waals surface area contributed by atoms with E-state index in [0.717, 1.165) is 4.90 Å². The number of carbonyl (C=O) groups is 1. The van der Waals surface area contributed by atoms with Gasteiger partial charge in [-0.1, -0.05) is 12.1 Å². The van der Waals surface area contributed by atoms with Gasteiger partial charge in [0.2, 0.25) is 0 Å². The molecule has 0 bridgehead atoms. The first-order valence-electron chi connectivity index (χ1n) is 5.06. The molecule has 4 heteroatoms. The lowest BCUT2D eigenvalue weighted by Crippen LogP contribution is -2.34. The second-order valence-electron chi connectivity index (χ2n) is 3.52. The number of hydrogen-bond donors (Lipinski definition) is 1. The van der Waals surface area contributed by atoms with E-state index in [9.17, 15) is 9.90 Å². The van der Waals surface area contributed by atoms with Crippen molar-refractivity contribution in [2.24, 2.45) is 0 Å². The normalized spacial score (nSPS) is 14.2. The lowest BCUT2D eigenvalue weighted by atomic mass is 9.96. The minimum atomic E-state index is -1.58. The third kappa shape index (κ3) is 2.77. The number of carbonyl (C=O) groups excluding carboxylic acids is 1. The summed E-state index contributed by atoms with van der Waals surface area (Å²) in [6.45, 7) is 3.42. The zero-order chi connectivity index (χ0) is 12.2. The first kappa shape index (κ1) is 13.1. The average molecular weight is 240 g/mol. The molecule has 88 valence electrons. The maximum absolute atomic E-state index is 11.5. The molecular formula is C12H16O3S. The van der Waals surface area contributed by atoms with Crippen LogP contribution in [0.15, 0.2) is 29.2 Å².